The molecule has 0 unspecified atom stereocenters. The van der Waals surface area contributed by atoms with Crippen molar-refractivity contribution in [3.05, 3.63) is 35.3 Å². The Morgan fingerprint density at radius 3 is 2.67 bits per heavy atom. The second-order valence-electron chi connectivity index (χ2n) is 3.46. The van der Waals surface area contributed by atoms with Gasteiger partial charge in [-0.1, -0.05) is 12.1 Å². The summed E-state index contributed by atoms with van der Waals surface area (Å²) >= 11 is 0. The van der Waals surface area contributed by atoms with Gasteiger partial charge in [0.05, 0.1) is 5.52 Å². The minimum Gasteiger partial charge on any atom is -0.475 e. The third kappa shape index (κ3) is 1.66. The molecule has 4 nitrogen and oxygen atoms in total. The van der Waals surface area contributed by atoms with Crippen LogP contribution in [0.3, 0.4) is 0 Å². The molecule has 1 aromatic heterocycles. The lowest BCUT2D eigenvalue weighted by atomic mass is 10.1. The average molecular weight is 202 g/mol. The van der Waals surface area contributed by atoms with Gasteiger partial charge in [-0.2, -0.15) is 0 Å². The lowest BCUT2D eigenvalue weighted by Gasteiger charge is -2.03. The van der Waals surface area contributed by atoms with Crippen molar-refractivity contribution in [2.24, 2.45) is 0 Å². The Kier molecular flexibility index (Phi) is 2.11. The van der Waals surface area contributed by atoms with Crippen molar-refractivity contribution in [3.8, 4) is 0 Å². The Balaban J connectivity index is 2.79. The number of benzene rings is 1. The summed E-state index contributed by atoms with van der Waals surface area (Å²) in [4.78, 5) is 18.7. The third-order valence-electron chi connectivity index (χ3n) is 2.23. The van der Waals surface area contributed by atoms with Gasteiger partial charge >= 0.3 is 5.97 Å². The normalized spacial score (nSPS) is 10.5. The van der Waals surface area contributed by atoms with Gasteiger partial charge in [-0.15, -0.1) is 0 Å². The molecule has 0 saturated heterocycles. The highest BCUT2D eigenvalue weighted by molar-refractivity contribution is 5.88. The molecule has 0 atom stereocenters. The Morgan fingerprint density at radius 1 is 1.27 bits per heavy atom. The van der Waals surface area contributed by atoms with Gasteiger partial charge in [0.15, 0.2) is 0 Å². The Bertz CT molecular complexity index is 550. The van der Waals surface area contributed by atoms with Crippen LogP contribution in [0.1, 0.15) is 21.9 Å². The van der Waals surface area contributed by atoms with Gasteiger partial charge in [-0.3, -0.25) is 0 Å². The number of carbonyl (C=O) groups is 1. The number of aryl methyl sites for hydroxylation is 2. The summed E-state index contributed by atoms with van der Waals surface area (Å²) in [5.41, 5.74) is 2.43. The number of carboxylic acids is 1. The molecule has 2 aromatic rings. The molecule has 0 aliphatic rings. The van der Waals surface area contributed by atoms with Crippen LogP contribution in [0.5, 0.6) is 0 Å². The molecule has 0 saturated carbocycles. The zero-order chi connectivity index (χ0) is 11.0. The third-order valence-corrected chi connectivity index (χ3v) is 2.23. The molecule has 2 rings (SSSR count). The van der Waals surface area contributed by atoms with Crippen molar-refractivity contribution in [3.63, 3.8) is 0 Å². The number of nitrogens with zero attached hydrogens (tertiary/aromatic N) is 2. The predicted octanol–water partition coefficient (Wildman–Crippen LogP) is 1.94. The fourth-order valence-corrected chi connectivity index (χ4v) is 1.49. The van der Waals surface area contributed by atoms with Crippen LogP contribution < -0.4 is 0 Å². The lowest BCUT2D eigenvalue weighted by Crippen LogP contribution is -2.05. The maximum atomic E-state index is 10.8. The van der Waals surface area contributed by atoms with E-state index in [1.165, 1.54) is 0 Å². The summed E-state index contributed by atoms with van der Waals surface area (Å²) in [6, 6.07) is 5.72. The lowest BCUT2D eigenvalue weighted by molar-refractivity contribution is 0.0683. The number of carboxylic acid groups (broad SMARTS) is 1. The Labute approximate surface area is 86.6 Å². The van der Waals surface area contributed by atoms with Crippen molar-refractivity contribution in [1.82, 2.24) is 9.97 Å². The summed E-state index contributed by atoms with van der Waals surface area (Å²) in [7, 11) is 0. The quantitative estimate of drug-likeness (QED) is 0.767. The van der Waals surface area contributed by atoms with E-state index in [1.54, 1.807) is 6.92 Å². The zero-order valence-electron chi connectivity index (χ0n) is 8.48. The molecule has 0 radical (unpaired) electrons. The molecule has 0 aliphatic heterocycles. The second kappa shape index (κ2) is 3.31. The Morgan fingerprint density at radius 2 is 2.00 bits per heavy atom. The van der Waals surface area contributed by atoms with E-state index >= 15 is 0 Å². The van der Waals surface area contributed by atoms with Crippen LogP contribution in [0.15, 0.2) is 18.2 Å². The van der Waals surface area contributed by atoms with E-state index < -0.39 is 5.97 Å². The predicted molar refractivity (Wildman–Crippen MR) is 56.0 cm³/mol. The van der Waals surface area contributed by atoms with Gasteiger partial charge in [0.25, 0.3) is 0 Å². The van der Waals surface area contributed by atoms with Gasteiger partial charge < -0.3 is 5.11 Å². The highest BCUT2D eigenvalue weighted by Crippen LogP contribution is 2.16. The van der Waals surface area contributed by atoms with Gasteiger partial charge in [0, 0.05) is 11.1 Å². The van der Waals surface area contributed by atoms with Gasteiger partial charge in [-0.05, 0) is 25.5 Å². The first-order chi connectivity index (χ1) is 7.08. The van der Waals surface area contributed by atoms with Gasteiger partial charge in [0.1, 0.15) is 0 Å². The van der Waals surface area contributed by atoms with Crippen LogP contribution in [0.25, 0.3) is 10.9 Å². The number of aromatic carboxylic acids is 1. The highest BCUT2D eigenvalue weighted by Gasteiger charge is 2.10. The molecule has 1 N–H and O–H groups in total. The summed E-state index contributed by atoms with van der Waals surface area (Å²) < 4.78 is 0. The van der Waals surface area contributed by atoms with Crippen molar-refractivity contribution in [2.45, 2.75) is 13.8 Å². The molecule has 0 fully saturated rings. The minimum atomic E-state index is -1.10. The molecular weight excluding hydrogens is 192 g/mol. The molecule has 1 heterocycles. The van der Waals surface area contributed by atoms with Crippen LogP contribution >= 0.6 is 0 Å². The van der Waals surface area contributed by atoms with Crippen LogP contribution in [0.2, 0.25) is 0 Å². The number of fused-ring (bicyclic) bond motifs is 1. The topological polar surface area (TPSA) is 63.1 Å². The van der Waals surface area contributed by atoms with E-state index in [4.69, 9.17) is 5.11 Å². The van der Waals surface area contributed by atoms with Crippen molar-refractivity contribution in [2.75, 3.05) is 0 Å². The maximum Gasteiger partial charge on any atom is 0.373 e. The monoisotopic (exact) mass is 202 g/mol. The molecule has 0 aliphatic carbocycles. The van der Waals surface area contributed by atoms with E-state index in [0.717, 1.165) is 10.9 Å². The summed E-state index contributed by atoms with van der Waals surface area (Å²) in [5.74, 6) is -1.24. The highest BCUT2D eigenvalue weighted by atomic mass is 16.4. The summed E-state index contributed by atoms with van der Waals surface area (Å²) in [6.07, 6.45) is 0. The van der Waals surface area contributed by atoms with Crippen LogP contribution in [0.4, 0.5) is 0 Å². The first-order valence-electron chi connectivity index (χ1n) is 4.56. The van der Waals surface area contributed by atoms with Crippen LogP contribution in [0, 0.1) is 13.8 Å². The molecular formula is C11H10N2O2. The maximum absolute atomic E-state index is 10.8. The van der Waals surface area contributed by atoms with E-state index in [1.807, 2.05) is 25.1 Å². The van der Waals surface area contributed by atoms with Crippen molar-refractivity contribution in [1.29, 1.82) is 0 Å². The number of rotatable bonds is 1. The first kappa shape index (κ1) is 9.58. The summed E-state index contributed by atoms with van der Waals surface area (Å²) in [6.45, 7) is 3.73. The summed E-state index contributed by atoms with van der Waals surface area (Å²) in [5, 5.41) is 9.71. The zero-order valence-corrected chi connectivity index (χ0v) is 8.48. The number of aromatic nitrogens is 2. The molecule has 0 bridgehead atoms. The molecule has 0 spiro atoms. The van der Waals surface area contributed by atoms with E-state index in [2.05, 4.69) is 9.97 Å². The molecule has 4 heteroatoms. The largest absolute Gasteiger partial charge is 0.475 e. The molecule has 15 heavy (non-hydrogen) atoms. The molecule has 0 amide bonds. The van der Waals surface area contributed by atoms with Crippen LogP contribution in [-0.4, -0.2) is 21.0 Å². The molecule has 76 valence electrons. The van der Waals surface area contributed by atoms with Gasteiger partial charge in [-0.25, -0.2) is 14.8 Å². The fourth-order valence-electron chi connectivity index (χ4n) is 1.49. The van der Waals surface area contributed by atoms with E-state index in [0.29, 0.717) is 11.2 Å². The van der Waals surface area contributed by atoms with Crippen molar-refractivity contribution >= 4 is 16.9 Å². The van der Waals surface area contributed by atoms with E-state index in [9.17, 15) is 4.79 Å². The minimum absolute atomic E-state index is 0.148. The molecule has 1 aromatic carbocycles. The Hall–Kier alpha value is -1.97. The fraction of sp³-hybridized carbons (Fsp3) is 0.182. The van der Waals surface area contributed by atoms with E-state index in [-0.39, 0.29) is 5.82 Å². The van der Waals surface area contributed by atoms with Crippen LogP contribution in [-0.2, 0) is 0 Å². The smallest absolute Gasteiger partial charge is 0.373 e. The number of hydrogen-bond acceptors (Lipinski definition) is 3. The standard InChI is InChI=1S/C11H10N2O2/c1-6-3-4-8-7(2)12-10(11(14)15)13-9(8)5-6/h3-5H,1-2H3,(H,14,15). The number of hydrogen-bond donors (Lipinski definition) is 1. The van der Waals surface area contributed by atoms with Gasteiger partial charge in [0.2, 0.25) is 5.82 Å². The first-order valence-corrected chi connectivity index (χ1v) is 4.56. The average Bonchev–Trinajstić information content (AvgIpc) is 2.16. The second-order valence-corrected chi connectivity index (χ2v) is 3.46. The SMILES string of the molecule is Cc1ccc2c(C)nc(C(=O)O)nc2c1. The van der Waals surface area contributed by atoms with Crippen molar-refractivity contribution < 1.29 is 9.90 Å².